The van der Waals surface area contributed by atoms with Gasteiger partial charge >= 0.3 is 0 Å². The van der Waals surface area contributed by atoms with Crippen molar-refractivity contribution >= 4 is 11.8 Å². The number of thioether (sulfide) groups is 1. The summed E-state index contributed by atoms with van der Waals surface area (Å²) in [6, 6.07) is 2.44. The molecule has 0 aromatic heterocycles. The van der Waals surface area contributed by atoms with Gasteiger partial charge < -0.3 is 0 Å². The Morgan fingerprint density at radius 2 is 2.20 bits per heavy atom. The molecule has 1 heterocycles. The van der Waals surface area contributed by atoms with Gasteiger partial charge in [0.2, 0.25) is 0 Å². The third-order valence-corrected chi connectivity index (χ3v) is 4.90. The molecule has 5 unspecified atom stereocenters. The molecular weight excluding hydrogens is 142 g/mol. The van der Waals surface area contributed by atoms with Crippen molar-refractivity contribution in [1.82, 2.24) is 0 Å². The highest BCUT2D eigenvalue weighted by Gasteiger charge is 2.62. The Labute approximate surface area is 64.8 Å². The van der Waals surface area contributed by atoms with E-state index >= 15 is 0 Å². The summed E-state index contributed by atoms with van der Waals surface area (Å²) >= 11 is 2.12. The highest BCUT2D eigenvalue weighted by molar-refractivity contribution is 8.07. The van der Waals surface area contributed by atoms with Gasteiger partial charge in [-0.05, 0) is 24.7 Å². The third kappa shape index (κ3) is 0.473. The van der Waals surface area contributed by atoms with Gasteiger partial charge in [0.25, 0.3) is 0 Å². The van der Waals surface area contributed by atoms with Crippen LogP contribution >= 0.6 is 11.8 Å². The van der Waals surface area contributed by atoms with E-state index in [-0.39, 0.29) is 0 Å². The van der Waals surface area contributed by atoms with Crippen LogP contribution in [0.3, 0.4) is 0 Å². The Morgan fingerprint density at radius 3 is 2.80 bits per heavy atom. The lowest BCUT2D eigenvalue weighted by molar-refractivity contribution is 0.452. The molecule has 5 atom stereocenters. The van der Waals surface area contributed by atoms with E-state index in [0.717, 1.165) is 22.3 Å². The summed E-state index contributed by atoms with van der Waals surface area (Å²) in [6.07, 6.45) is 2.59. The second-order valence-electron chi connectivity index (χ2n) is 3.70. The van der Waals surface area contributed by atoms with Crippen LogP contribution in [-0.2, 0) is 0 Å². The molecule has 2 saturated carbocycles. The van der Waals surface area contributed by atoms with Crippen molar-refractivity contribution in [2.45, 2.75) is 23.3 Å². The van der Waals surface area contributed by atoms with Crippen molar-refractivity contribution in [2.75, 3.05) is 0 Å². The van der Waals surface area contributed by atoms with Crippen LogP contribution in [0.5, 0.6) is 0 Å². The molecule has 3 rings (SSSR count). The predicted octanol–water partition coefficient (Wildman–Crippen LogP) is 1.65. The molecule has 0 spiro atoms. The Kier molecular flexibility index (Phi) is 0.840. The monoisotopic (exact) mass is 151 g/mol. The summed E-state index contributed by atoms with van der Waals surface area (Å²) in [5.74, 6) is 2.16. The molecule has 1 nitrogen and oxygen atoms in total. The van der Waals surface area contributed by atoms with Gasteiger partial charge in [0.05, 0.1) is 12.0 Å². The number of rotatable bonds is 0. The Hall–Kier alpha value is -0.160. The minimum atomic E-state index is 0.432. The molecule has 3 fully saturated rings. The van der Waals surface area contributed by atoms with Crippen molar-refractivity contribution < 1.29 is 0 Å². The number of hydrogen-bond acceptors (Lipinski definition) is 2. The van der Waals surface area contributed by atoms with E-state index in [1.165, 1.54) is 12.8 Å². The van der Waals surface area contributed by atoms with Gasteiger partial charge in [0.1, 0.15) is 0 Å². The van der Waals surface area contributed by atoms with Crippen molar-refractivity contribution in [1.29, 1.82) is 5.26 Å². The first kappa shape index (κ1) is 5.49. The first-order valence-corrected chi connectivity index (χ1v) is 4.89. The first-order valence-electron chi connectivity index (χ1n) is 3.95. The lowest BCUT2D eigenvalue weighted by atomic mass is 9.90. The lowest BCUT2D eigenvalue weighted by Crippen LogP contribution is -2.15. The van der Waals surface area contributed by atoms with Gasteiger partial charge in [-0.3, -0.25) is 0 Å². The maximum absolute atomic E-state index is 8.77. The molecule has 2 heteroatoms. The highest BCUT2D eigenvalue weighted by atomic mass is 32.2. The van der Waals surface area contributed by atoms with Crippen LogP contribution in [-0.4, -0.2) is 10.5 Å². The normalized spacial score (nSPS) is 61.7. The number of nitrogens with zero attached hydrogens (tertiary/aromatic N) is 1. The fourth-order valence-corrected chi connectivity index (χ4v) is 4.39. The van der Waals surface area contributed by atoms with Gasteiger partial charge in [-0.2, -0.15) is 17.0 Å². The van der Waals surface area contributed by atoms with E-state index < -0.39 is 0 Å². The summed E-state index contributed by atoms with van der Waals surface area (Å²) in [6.45, 7) is 0. The van der Waals surface area contributed by atoms with E-state index in [9.17, 15) is 0 Å². The van der Waals surface area contributed by atoms with E-state index in [0.29, 0.717) is 5.92 Å². The molecule has 0 amide bonds. The van der Waals surface area contributed by atoms with Gasteiger partial charge in [0.15, 0.2) is 0 Å². The summed E-state index contributed by atoms with van der Waals surface area (Å²) < 4.78 is 0. The summed E-state index contributed by atoms with van der Waals surface area (Å²) in [5, 5.41) is 10.7. The quantitative estimate of drug-likeness (QED) is 0.491. The second kappa shape index (κ2) is 1.53. The average Bonchev–Trinajstić information content (AvgIpc) is 2.58. The molecule has 1 aliphatic heterocycles. The summed E-state index contributed by atoms with van der Waals surface area (Å²) in [5.41, 5.74) is 0. The first-order chi connectivity index (χ1) is 4.90. The van der Waals surface area contributed by atoms with E-state index in [4.69, 9.17) is 5.26 Å². The molecule has 0 N–H and O–H groups in total. The largest absolute Gasteiger partial charge is 0.198 e. The predicted molar refractivity (Wildman–Crippen MR) is 40.5 cm³/mol. The molecule has 52 valence electrons. The zero-order valence-corrected chi connectivity index (χ0v) is 6.47. The van der Waals surface area contributed by atoms with Gasteiger partial charge in [0, 0.05) is 10.5 Å². The molecule has 3 aliphatic rings. The smallest absolute Gasteiger partial charge is 0.0659 e. The fraction of sp³-hybridized carbons (Fsp3) is 0.875. The molecule has 1 saturated heterocycles. The number of hydrogen-bond donors (Lipinski definition) is 0. The fourth-order valence-electron chi connectivity index (χ4n) is 2.75. The highest BCUT2D eigenvalue weighted by Crippen LogP contribution is 2.67. The second-order valence-corrected chi connectivity index (χ2v) is 5.06. The number of fused-ring (bicyclic) bond motifs is 5. The van der Waals surface area contributed by atoms with E-state index in [1.807, 2.05) is 0 Å². The van der Waals surface area contributed by atoms with Crippen LogP contribution in [0.15, 0.2) is 0 Å². The van der Waals surface area contributed by atoms with Gasteiger partial charge in [-0.15, -0.1) is 0 Å². The average molecular weight is 151 g/mol. The van der Waals surface area contributed by atoms with Crippen LogP contribution in [0.25, 0.3) is 0 Å². The van der Waals surface area contributed by atoms with Crippen LogP contribution in [0, 0.1) is 29.1 Å². The molecular formula is C8H9NS. The van der Waals surface area contributed by atoms with Crippen molar-refractivity contribution in [3.63, 3.8) is 0 Å². The van der Waals surface area contributed by atoms with Crippen molar-refractivity contribution in [3.8, 4) is 6.07 Å². The Balaban J connectivity index is 1.93. The van der Waals surface area contributed by atoms with Crippen molar-refractivity contribution in [3.05, 3.63) is 0 Å². The summed E-state index contributed by atoms with van der Waals surface area (Å²) in [7, 11) is 0. The molecule has 0 aromatic rings. The van der Waals surface area contributed by atoms with Crippen LogP contribution in [0.1, 0.15) is 12.8 Å². The zero-order chi connectivity index (χ0) is 6.72. The van der Waals surface area contributed by atoms with Crippen LogP contribution < -0.4 is 0 Å². The topological polar surface area (TPSA) is 23.8 Å². The van der Waals surface area contributed by atoms with E-state index in [1.54, 1.807) is 0 Å². The molecule has 2 bridgehead atoms. The SMILES string of the molecule is N#CC1CC2CC1C1SC21. The van der Waals surface area contributed by atoms with Crippen molar-refractivity contribution in [2.24, 2.45) is 17.8 Å². The van der Waals surface area contributed by atoms with Crippen LogP contribution in [0.4, 0.5) is 0 Å². The molecule has 0 aromatic carbocycles. The maximum atomic E-state index is 8.77. The standard InChI is InChI=1S/C8H9NS/c9-3-5-1-4-2-6(5)8-7(4)10-8/h4-8H,1-2H2. The maximum Gasteiger partial charge on any atom is 0.0659 e. The minimum absolute atomic E-state index is 0.432. The minimum Gasteiger partial charge on any atom is -0.198 e. The molecule has 2 aliphatic carbocycles. The third-order valence-electron chi connectivity index (χ3n) is 3.26. The zero-order valence-electron chi connectivity index (χ0n) is 5.66. The van der Waals surface area contributed by atoms with Crippen LogP contribution in [0.2, 0.25) is 0 Å². The summed E-state index contributed by atoms with van der Waals surface area (Å²) in [4.78, 5) is 0. The lowest BCUT2D eigenvalue weighted by Gasteiger charge is -2.10. The molecule has 10 heavy (non-hydrogen) atoms. The number of nitriles is 1. The molecule has 0 radical (unpaired) electrons. The van der Waals surface area contributed by atoms with Gasteiger partial charge in [-0.25, -0.2) is 0 Å². The Bertz CT molecular complexity index is 220. The van der Waals surface area contributed by atoms with Gasteiger partial charge in [-0.1, -0.05) is 0 Å². The van der Waals surface area contributed by atoms with E-state index in [2.05, 4.69) is 17.8 Å². The Morgan fingerprint density at radius 1 is 1.30 bits per heavy atom.